The quantitative estimate of drug-likeness (QED) is 0.845. The monoisotopic (exact) mass is 284 g/mol. The lowest BCUT2D eigenvalue weighted by Gasteiger charge is -2.29. The van der Waals surface area contributed by atoms with E-state index in [4.69, 9.17) is 16.3 Å². The highest BCUT2D eigenvalue weighted by Gasteiger charge is 2.27. The Bertz CT molecular complexity index is 455. The van der Waals surface area contributed by atoms with Crippen LogP contribution in [0.1, 0.15) is 56.7 Å². The topological polar surface area (TPSA) is 55.0 Å². The van der Waals surface area contributed by atoms with Crippen LogP contribution in [0.25, 0.3) is 0 Å². The van der Waals surface area contributed by atoms with E-state index in [0.717, 1.165) is 12.8 Å². The number of aromatic amines is 1. The molecule has 0 bridgehead atoms. The second kappa shape index (κ2) is 7.06. The van der Waals surface area contributed by atoms with Crippen LogP contribution in [0.4, 0.5) is 0 Å². The van der Waals surface area contributed by atoms with Gasteiger partial charge in [0.25, 0.3) is 5.56 Å². The maximum atomic E-state index is 11.7. The predicted octanol–water partition coefficient (Wildman–Crippen LogP) is 3.17. The number of H-pyrrole nitrogens is 1. The molecule has 0 radical (unpaired) electrons. The van der Waals surface area contributed by atoms with Crippen LogP contribution in [0.2, 0.25) is 0 Å². The van der Waals surface area contributed by atoms with E-state index >= 15 is 0 Å². The minimum atomic E-state index is -0.152. The lowest BCUT2D eigenvalue weighted by atomic mass is 9.85. The van der Waals surface area contributed by atoms with E-state index in [1.165, 1.54) is 25.3 Å². The Kier molecular flexibility index (Phi) is 5.40. The predicted molar refractivity (Wildman–Crippen MR) is 75.4 cm³/mol. The molecular formula is C14H21ClN2O2. The number of hydrogen-bond donors (Lipinski definition) is 1. The second-order valence-electron chi connectivity index (χ2n) is 5.03. The molecule has 0 spiro atoms. The molecule has 1 fully saturated rings. The fraction of sp³-hybridized carbons (Fsp3) is 0.714. The van der Waals surface area contributed by atoms with Crippen LogP contribution >= 0.6 is 11.6 Å². The molecule has 4 nitrogen and oxygen atoms in total. The van der Waals surface area contributed by atoms with E-state index in [1.54, 1.807) is 0 Å². The molecule has 1 aromatic heterocycles. The number of aromatic nitrogens is 2. The lowest BCUT2D eigenvalue weighted by Crippen LogP contribution is -2.24. The lowest BCUT2D eigenvalue weighted by molar-refractivity contribution is -0.000448. The van der Waals surface area contributed by atoms with Gasteiger partial charge in [0.15, 0.2) is 0 Å². The highest BCUT2D eigenvalue weighted by molar-refractivity contribution is 6.16. The number of nitrogens with zero attached hydrogens (tertiary/aromatic N) is 1. The van der Waals surface area contributed by atoms with Gasteiger partial charge in [0.1, 0.15) is 11.9 Å². The smallest absolute Gasteiger partial charge is 0.251 e. The fourth-order valence-electron chi connectivity index (χ4n) is 2.79. The molecular weight excluding hydrogens is 264 g/mol. The minimum absolute atomic E-state index is 0.110. The first-order valence-corrected chi connectivity index (χ1v) is 7.55. The van der Waals surface area contributed by atoms with Crippen molar-refractivity contribution in [2.75, 3.05) is 6.61 Å². The summed E-state index contributed by atoms with van der Waals surface area (Å²) in [6.07, 6.45) is 5.92. The zero-order valence-corrected chi connectivity index (χ0v) is 12.1. The first-order chi connectivity index (χ1) is 9.24. The normalized spacial score (nSPS) is 18.4. The molecule has 106 valence electrons. The van der Waals surface area contributed by atoms with Crippen molar-refractivity contribution >= 4 is 11.6 Å². The molecule has 1 N–H and O–H groups in total. The summed E-state index contributed by atoms with van der Waals surface area (Å²) < 4.78 is 5.85. The average molecular weight is 285 g/mol. The first-order valence-electron chi connectivity index (χ1n) is 7.02. The van der Waals surface area contributed by atoms with Gasteiger partial charge in [-0.25, -0.2) is 4.98 Å². The van der Waals surface area contributed by atoms with Gasteiger partial charge >= 0.3 is 0 Å². The molecule has 1 saturated carbocycles. The van der Waals surface area contributed by atoms with Gasteiger partial charge in [-0.05, 0) is 25.7 Å². The van der Waals surface area contributed by atoms with Gasteiger partial charge in [0.2, 0.25) is 0 Å². The average Bonchev–Trinajstić information content (AvgIpc) is 2.45. The summed E-state index contributed by atoms with van der Waals surface area (Å²) in [6, 6.07) is 1.44. The van der Waals surface area contributed by atoms with Crippen molar-refractivity contribution in [2.24, 2.45) is 5.92 Å². The van der Waals surface area contributed by atoms with Gasteiger partial charge < -0.3 is 9.72 Å². The van der Waals surface area contributed by atoms with Crippen molar-refractivity contribution in [2.45, 2.75) is 51.0 Å². The van der Waals surface area contributed by atoms with E-state index < -0.39 is 0 Å². The van der Waals surface area contributed by atoms with E-state index in [9.17, 15) is 4.79 Å². The maximum Gasteiger partial charge on any atom is 0.251 e. The number of alkyl halides is 1. The summed E-state index contributed by atoms with van der Waals surface area (Å²) in [5.41, 5.74) is 0.460. The molecule has 1 aliphatic carbocycles. The number of halogens is 1. The van der Waals surface area contributed by atoms with E-state index in [0.29, 0.717) is 24.0 Å². The van der Waals surface area contributed by atoms with Gasteiger partial charge in [0.05, 0.1) is 11.6 Å². The van der Waals surface area contributed by atoms with Crippen molar-refractivity contribution in [3.8, 4) is 0 Å². The minimum Gasteiger partial charge on any atom is -0.370 e. The van der Waals surface area contributed by atoms with Crippen molar-refractivity contribution in [3.05, 3.63) is 27.9 Å². The zero-order valence-electron chi connectivity index (χ0n) is 11.3. The van der Waals surface area contributed by atoms with Crippen LogP contribution < -0.4 is 5.56 Å². The third-order valence-electron chi connectivity index (χ3n) is 3.64. The second-order valence-corrected chi connectivity index (χ2v) is 5.30. The maximum absolute atomic E-state index is 11.7. The third-order valence-corrected chi connectivity index (χ3v) is 3.92. The Balaban J connectivity index is 2.26. The van der Waals surface area contributed by atoms with Crippen LogP contribution in [0.15, 0.2) is 10.9 Å². The molecule has 5 heteroatoms. The molecule has 1 aliphatic rings. The van der Waals surface area contributed by atoms with E-state index in [1.807, 2.05) is 6.92 Å². The Morgan fingerprint density at radius 1 is 1.47 bits per heavy atom. The van der Waals surface area contributed by atoms with Gasteiger partial charge in [-0.2, -0.15) is 0 Å². The van der Waals surface area contributed by atoms with Crippen molar-refractivity contribution in [1.29, 1.82) is 0 Å². The number of hydrogen-bond acceptors (Lipinski definition) is 3. The Morgan fingerprint density at radius 3 is 2.84 bits per heavy atom. The summed E-state index contributed by atoms with van der Waals surface area (Å²) in [4.78, 5) is 18.9. The Labute approximate surface area is 118 Å². The summed E-state index contributed by atoms with van der Waals surface area (Å²) >= 11 is 5.78. The van der Waals surface area contributed by atoms with Crippen LogP contribution in [-0.2, 0) is 10.6 Å². The fourth-order valence-corrected chi connectivity index (χ4v) is 2.92. The highest BCUT2D eigenvalue weighted by Crippen LogP contribution is 2.35. The molecule has 0 aliphatic heterocycles. The van der Waals surface area contributed by atoms with Gasteiger partial charge in [-0.15, -0.1) is 11.6 Å². The van der Waals surface area contributed by atoms with Crippen LogP contribution in [0.5, 0.6) is 0 Å². The molecule has 2 rings (SSSR count). The first kappa shape index (κ1) is 14.5. The van der Waals surface area contributed by atoms with Crippen LogP contribution in [0, 0.1) is 5.92 Å². The summed E-state index contributed by atoms with van der Waals surface area (Å²) in [6.45, 7) is 2.59. The summed E-state index contributed by atoms with van der Waals surface area (Å²) in [7, 11) is 0. The Morgan fingerprint density at radius 2 is 2.21 bits per heavy atom. The molecule has 1 aromatic rings. The molecule has 0 amide bonds. The van der Waals surface area contributed by atoms with E-state index in [-0.39, 0.29) is 17.5 Å². The number of rotatable bonds is 5. The van der Waals surface area contributed by atoms with Crippen LogP contribution in [0.3, 0.4) is 0 Å². The van der Waals surface area contributed by atoms with Gasteiger partial charge in [-0.1, -0.05) is 19.3 Å². The molecule has 1 heterocycles. The van der Waals surface area contributed by atoms with Crippen molar-refractivity contribution < 1.29 is 4.74 Å². The highest BCUT2D eigenvalue weighted by atomic mass is 35.5. The molecule has 19 heavy (non-hydrogen) atoms. The molecule has 1 unspecified atom stereocenters. The number of nitrogens with one attached hydrogen (secondary N) is 1. The SMILES string of the molecule is CCOC(c1nc(CCl)cc(=O)[nH]1)C1CCCCC1. The zero-order chi connectivity index (χ0) is 13.7. The van der Waals surface area contributed by atoms with E-state index in [2.05, 4.69) is 9.97 Å². The molecule has 0 aromatic carbocycles. The van der Waals surface area contributed by atoms with Gasteiger partial charge in [-0.3, -0.25) is 4.79 Å². The van der Waals surface area contributed by atoms with Gasteiger partial charge in [0, 0.05) is 12.7 Å². The summed E-state index contributed by atoms with van der Waals surface area (Å²) in [5, 5.41) is 0. The standard InChI is InChI=1S/C14H21ClN2O2/c1-2-19-13(10-6-4-3-5-7-10)14-16-11(9-15)8-12(18)17-14/h8,10,13H,2-7,9H2,1H3,(H,16,17,18). The van der Waals surface area contributed by atoms with Crippen molar-refractivity contribution in [1.82, 2.24) is 9.97 Å². The van der Waals surface area contributed by atoms with Crippen LogP contribution in [-0.4, -0.2) is 16.6 Å². The third kappa shape index (κ3) is 3.80. The number of ether oxygens (including phenoxy) is 1. The Hall–Kier alpha value is -0.870. The van der Waals surface area contributed by atoms with Crippen molar-refractivity contribution in [3.63, 3.8) is 0 Å². The molecule has 1 atom stereocenters. The summed E-state index contributed by atoms with van der Waals surface area (Å²) in [5.74, 6) is 1.33. The molecule has 0 saturated heterocycles. The largest absolute Gasteiger partial charge is 0.370 e.